The minimum atomic E-state index is -0.828. The van der Waals surface area contributed by atoms with Crippen LogP contribution in [-0.2, 0) is 16.0 Å². The van der Waals surface area contributed by atoms with E-state index in [9.17, 15) is 9.59 Å². The Bertz CT molecular complexity index is 1070. The molecule has 1 heterocycles. The van der Waals surface area contributed by atoms with Crippen molar-refractivity contribution in [2.45, 2.75) is 44.2 Å². The molecule has 1 saturated carbocycles. The van der Waals surface area contributed by atoms with Gasteiger partial charge in [-0.3, -0.25) is 14.5 Å². The van der Waals surface area contributed by atoms with Crippen LogP contribution < -0.4 is 19.7 Å². The van der Waals surface area contributed by atoms with E-state index in [1.165, 1.54) is 11.3 Å². The smallest absolute Gasteiger partial charge is 0.248 e. The van der Waals surface area contributed by atoms with Gasteiger partial charge in [-0.2, -0.15) is 0 Å². The third-order valence-electron chi connectivity index (χ3n) is 6.11. The first-order valence-corrected chi connectivity index (χ1v) is 12.4. The number of methoxy groups -OCH3 is 2. The molecule has 2 aromatic carbocycles. The molecular weight excluding hydrogens is 448 g/mol. The van der Waals surface area contributed by atoms with Crippen LogP contribution in [0.3, 0.4) is 0 Å². The Balaban J connectivity index is 1.80. The minimum Gasteiger partial charge on any atom is -0.497 e. The lowest BCUT2D eigenvalue weighted by molar-refractivity contribution is -0.127. The average Bonchev–Trinajstić information content (AvgIpc) is 3.57. The highest BCUT2D eigenvalue weighted by Gasteiger charge is 2.34. The number of hydrogen-bond donors (Lipinski definition) is 1. The number of rotatable bonds is 9. The Morgan fingerprint density at radius 3 is 2.26 bits per heavy atom. The van der Waals surface area contributed by atoms with Gasteiger partial charge >= 0.3 is 0 Å². The van der Waals surface area contributed by atoms with Crippen LogP contribution in [0.15, 0.2) is 66.0 Å². The molecule has 1 aromatic heterocycles. The zero-order valence-corrected chi connectivity index (χ0v) is 20.3. The van der Waals surface area contributed by atoms with Gasteiger partial charge in [0.25, 0.3) is 0 Å². The standard InChI is InChI=1S/C27H30N2O4S/c1-32-22-15-21(16-23(17-22)33-2)29(25(30)18-24-13-8-14-34-24)26(19-9-4-3-5-10-19)27(31)28-20-11-6-7-12-20/h3-5,8-10,13-17,20,26H,6-7,11-12,18H2,1-2H3,(H,28,31). The van der Waals surface area contributed by atoms with E-state index in [-0.39, 0.29) is 24.3 Å². The summed E-state index contributed by atoms with van der Waals surface area (Å²) in [7, 11) is 3.13. The molecule has 0 aliphatic heterocycles. The summed E-state index contributed by atoms with van der Waals surface area (Å²) in [6.07, 6.45) is 4.33. The van der Waals surface area contributed by atoms with Crippen molar-refractivity contribution >= 4 is 28.8 Å². The second-order valence-electron chi connectivity index (χ2n) is 8.39. The molecule has 34 heavy (non-hydrogen) atoms. The van der Waals surface area contributed by atoms with Gasteiger partial charge in [0, 0.05) is 29.1 Å². The van der Waals surface area contributed by atoms with Crippen molar-refractivity contribution in [1.29, 1.82) is 0 Å². The second kappa shape index (κ2) is 11.2. The molecule has 1 aliphatic rings. The van der Waals surface area contributed by atoms with Gasteiger partial charge in [-0.25, -0.2) is 0 Å². The largest absolute Gasteiger partial charge is 0.497 e. The summed E-state index contributed by atoms with van der Waals surface area (Å²) in [5.41, 5.74) is 1.30. The Labute approximate surface area is 204 Å². The first-order chi connectivity index (χ1) is 16.6. The number of hydrogen-bond acceptors (Lipinski definition) is 5. The fourth-order valence-corrected chi connectivity index (χ4v) is 5.12. The third-order valence-corrected chi connectivity index (χ3v) is 6.99. The first kappa shape index (κ1) is 23.8. The molecule has 3 aromatic rings. The summed E-state index contributed by atoms with van der Waals surface area (Å²) >= 11 is 1.52. The number of nitrogens with zero attached hydrogens (tertiary/aromatic N) is 1. The van der Waals surface area contributed by atoms with E-state index in [1.54, 1.807) is 37.3 Å². The molecule has 1 fully saturated rings. The van der Waals surface area contributed by atoms with E-state index in [0.29, 0.717) is 17.2 Å². The summed E-state index contributed by atoms with van der Waals surface area (Å²) in [5.74, 6) is 0.741. The number of anilines is 1. The lowest BCUT2D eigenvalue weighted by Crippen LogP contribution is -2.46. The predicted octanol–water partition coefficient (Wildman–Crippen LogP) is 5.14. The first-order valence-electron chi connectivity index (χ1n) is 11.5. The molecule has 1 unspecified atom stereocenters. The van der Waals surface area contributed by atoms with E-state index in [2.05, 4.69) is 5.32 Å². The number of carbonyl (C=O) groups is 2. The van der Waals surface area contributed by atoms with Crippen molar-refractivity contribution in [2.24, 2.45) is 0 Å². The number of nitrogens with one attached hydrogen (secondary N) is 1. The molecule has 0 radical (unpaired) electrons. The van der Waals surface area contributed by atoms with Gasteiger partial charge in [-0.15, -0.1) is 11.3 Å². The summed E-state index contributed by atoms with van der Waals surface area (Å²) in [5, 5.41) is 5.15. The van der Waals surface area contributed by atoms with Crippen LogP contribution in [0.2, 0.25) is 0 Å². The minimum absolute atomic E-state index is 0.132. The molecule has 1 N–H and O–H groups in total. The predicted molar refractivity (Wildman–Crippen MR) is 135 cm³/mol. The van der Waals surface area contributed by atoms with Gasteiger partial charge in [0.05, 0.1) is 26.3 Å². The Morgan fingerprint density at radius 1 is 1.00 bits per heavy atom. The number of ether oxygens (including phenoxy) is 2. The number of benzene rings is 2. The molecule has 0 bridgehead atoms. The lowest BCUT2D eigenvalue weighted by atomic mass is 10.0. The molecule has 1 aliphatic carbocycles. The van der Waals surface area contributed by atoms with Crippen LogP contribution in [-0.4, -0.2) is 32.1 Å². The van der Waals surface area contributed by atoms with E-state index >= 15 is 0 Å². The Kier molecular flexibility index (Phi) is 7.85. The number of thiophene rings is 1. The molecule has 2 amide bonds. The van der Waals surface area contributed by atoms with Crippen molar-refractivity contribution in [3.8, 4) is 11.5 Å². The molecule has 4 rings (SSSR count). The normalized spacial score (nSPS) is 14.4. The van der Waals surface area contributed by atoms with Crippen molar-refractivity contribution in [1.82, 2.24) is 5.32 Å². The summed E-state index contributed by atoms with van der Waals surface area (Å²) in [4.78, 5) is 30.1. The van der Waals surface area contributed by atoms with Crippen LogP contribution in [0.1, 0.15) is 42.2 Å². The van der Waals surface area contributed by atoms with Crippen LogP contribution in [0, 0.1) is 0 Å². The van der Waals surface area contributed by atoms with E-state index in [1.807, 2.05) is 47.8 Å². The van der Waals surface area contributed by atoms with Crippen molar-refractivity contribution in [3.05, 3.63) is 76.5 Å². The number of amides is 2. The van der Waals surface area contributed by atoms with E-state index < -0.39 is 6.04 Å². The fourth-order valence-electron chi connectivity index (χ4n) is 4.42. The van der Waals surface area contributed by atoms with E-state index in [4.69, 9.17) is 9.47 Å². The summed E-state index contributed by atoms with van der Waals surface area (Å²) in [6, 6.07) is 17.9. The highest BCUT2D eigenvalue weighted by molar-refractivity contribution is 7.10. The topological polar surface area (TPSA) is 67.9 Å². The van der Waals surface area contributed by atoms with Crippen LogP contribution in [0.25, 0.3) is 0 Å². The third kappa shape index (κ3) is 5.59. The van der Waals surface area contributed by atoms with Gasteiger partial charge in [0.15, 0.2) is 0 Å². The maximum atomic E-state index is 13.8. The summed E-state index contributed by atoms with van der Waals surface area (Å²) in [6.45, 7) is 0. The molecule has 0 saturated heterocycles. The number of carbonyl (C=O) groups excluding carboxylic acids is 2. The molecule has 6 nitrogen and oxygen atoms in total. The maximum Gasteiger partial charge on any atom is 0.248 e. The highest BCUT2D eigenvalue weighted by atomic mass is 32.1. The SMILES string of the molecule is COc1cc(OC)cc(N(C(=O)Cc2cccs2)C(C(=O)NC2CCCC2)c2ccccc2)c1. The van der Waals surface area contributed by atoms with E-state index in [0.717, 1.165) is 36.1 Å². The summed E-state index contributed by atoms with van der Waals surface area (Å²) < 4.78 is 10.9. The van der Waals surface area contributed by atoms with Crippen LogP contribution >= 0.6 is 11.3 Å². The lowest BCUT2D eigenvalue weighted by Gasteiger charge is -2.32. The Morgan fingerprint density at radius 2 is 1.68 bits per heavy atom. The van der Waals surface area contributed by atoms with Crippen LogP contribution in [0.4, 0.5) is 5.69 Å². The highest BCUT2D eigenvalue weighted by Crippen LogP contribution is 2.35. The van der Waals surface area contributed by atoms with Crippen molar-refractivity contribution in [3.63, 3.8) is 0 Å². The quantitative estimate of drug-likeness (QED) is 0.462. The molecule has 1 atom stereocenters. The van der Waals surface area contributed by atoms with Crippen molar-refractivity contribution in [2.75, 3.05) is 19.1 Å². The maximum absolute atomic E-state index is 13.8. The van der Waals surface area contributed by atoms with Gasteiger partial charge in [0.2, 0.25) is 11.8 Å². The van der Waals surface area contributed by atoms with Gasteiger partial charge in [-0.1, -0.05) is 49.2 Å². The van der Waals surface area contributed by atoms with Gasteiger partial charge in [0.1, 0.15) is 17.5 Å². The van der Waals surface area contributed by atoms with Crippen LogP contribution in [0.5, 0.6) is 11.5 Å². The van der Waals surface area contributed by atoms with Crippen molar-refractivity contribution < 1.29 is 19.1 Å². The molecule has 7 heteroatoms. The van der Waals surface area contributed by atoms with Gasteiger partial charge < -0.3 is 14.8 Å². The second-order valence-corrected chi connectivity index (χ2v) is 9.43. The fraction of sp³-hybridized carbons (Fsp3) is 0.333. The molecule has 0 spiro atoms. The Hall–Kier alpha value is -3.32. The zero-order chi connectivity index (χ0) is 23.9. The zero-order valence-electron chi connectivity index (χ0n) is 19.5. The average molecular weight is 479 g/mol. The molecule has 178 valence electrons. The monoisotopic (exact) mass is 478 g/mol. The van der Waals surface area contributed by atoms with Gasteiger partial charge in [-0.05, 0) is 29.9 Å². The molecular formula is C27H30N2O4S.